The van der Waals surface area contributed by atoms with Crippen molar-refractivity contribution >= 4 is 11.9 Å². The van der Waals surface area contributed by atoms with Crippen molar-refractivity contribution in [2.75, 3.05) is 19.7 Å². The van der Waals surface area contributed by atoms with Crippen LogP contribution in [0.25, 0.3) is 0 Å². The fourth-order valence-electron chi connectivity index (χ4n) is 4.35. The summed E-state index contributed by atoms with van der Waals surface area (Å²) in [4.78, 5) is 27.2. The van der Waals surface area contributed by atoms with Gasteiger partial charge in [0.25, 0.3) is 0 Å². The number of carbonyl (C=O) groups is 2. The van der Waals surface area contributed by atoms with Crippen LogP contribution in [0.1, 0.15) is 44.6 Å². The van der Waals surface area contributed by atoms with Crippen LogP contribution >= 0.6 is 0 Å². The highest BCUT2D eigenvalue weighted by molar-refractivity contribution is 5.83. The van der Waals surface area contributed by atoms with E-state index in [2.05, 4.69) is 0 Å². The molecule has 1 heterocycles. The Morgan fingerprint density at radius 1 is 1.12 bits per heavy atom. The van der Waals surface area contributed by atoms with Crippen LogP contribution in [-0.4, -0.2) is 36.5 Å². The van der Waals surface area contributed by atoms with Gasteiger partial charge in [0.2, 0.25) is 5.91 Å². The first-order valence-corrected chi connectivity index (χ1v) is 9.65. The number of hydrogen-bond donors (Lipinski definition) is 0. The van der Waals surface area contributed by atoms with Crippen molar-refractivity contribution in [1.82, 2.24) is 4.90 Å². The third kappa shape index (κ3) is 4.62. The van der Waals surface area contributed by atoms with Gasteiger partial charge in [0.05, 0.1) is 12.5 Å². The zero-order valence-corrected chi connectivity index (χ0v) is 15.2. The van der Waals surface area contributed by atoms with Crippen molar-refractivity contribution in [3.8, 4) is 0 Å². The number of likely N-dealkylation sites (tertiary alicyclic amines) is 1. The molecule has 1 saturated carbocycles. The Kier molecular flexibility index (Phi) is 6.11. The lowest BCUT2D eigenvalue weighted by atomic mass is 9.82. The minimum atomic E-state index is -0.391. The summed E-state index contributed by atoms with van der Waals surface area (Å²) in [6.07, 6.45) is 5.91. The van der Waals surface area contributed by atoms with Gasteiger partial charge in [-0.3, -0.25) is 9.59 Å². The standard InChI is InChI=1S/C21H29NO3/c1-2-25-21(24)19(12-16-8-4-3-5-9-16)13-20(23)22-14-17-10-6-7-11-18(17)15-22/h3-5,8-9,17-19H,2,6-7,10-15H2,1H3/t17-,18+,19-/m0/s1. The zero-order chi connectivity index (χ0) is 17.6. The van der Waals surface area contributed by atoms with Crippen LogP contribution in [0.2, 0.25) is 0 Å². The third-order valence-corrected chi connectivity index (χ3v) is 5.69. The summed E-state index contributed by atoms with van der Waals surface area (Å²) in [5.41, 5.74) is 1.07. The predicted molar refractivity (Wildman–Crippen MR) is 96.9 cm³/mol. The van der Waals surface area contributed by atoms with Crippen LogP contribution in [-0.2, 0) is 20.7 Å². The topological polar surface area (TPSA) is 46.6 Å². The summed E-state index contributed by atoms with van der Waals surface area (Å²) in [5.74, 6) is 0.818. The molecule has 1 saturated heterocycles. The highest BCUT2D eigenvalue weighted by Gasteiger charge is 2.37. The largest absolute Gasteiger partial charge is 0.466 e. The van der Waals surface area contributed by atoms with E-state index in [1.54, 1.807) is 0 Å². The number of benzene rings is 1. The van der Waals surface area contributed by atoms with Crippen molar-refractivity contribution in [3.05, 3.63) is 35.9 Å². The molecular formula is C21H29NO3. The molecular weight excluding hydrogens is 314 g/mol. The average Bonchev–Trinajstić information content (AvgIpc) is 3.06. The molecule has 136 valence electrons. The Hall–Kier alpha value is -1.84. The summed E-state index contributed by atoms with van der Waals surface area (Å²) in [6.45, 7) is 3.92. The van der Waals surface area contributed by atoms with Crippen LogP contribution < -0.4 is 0 Å². The van der Waals surface area contributed by atoms with Gasteiger partial charge in [-0.25, -0.2) is 0 Å². The van der Waals surface area contributed by atoms with Gasteiger partial charge in [-0.05, 0) is 43.6 Å². The average molecular weight is 343 g/mol. The molecule has 4 heteroatoms. The molecule has 0 unspecified atom stereocenters. The molecule has 3 rings (SSSR count). The van der Waals surface area contributed by atoms with Crippen LogP contribution in [0.15, 0.2) is 30.3 Å². The number of carbonyl (C=O) groups excluding carboxylic acids is 2. The van der Waals surface area contributed by atoms with E-state index in [0.717, 1.165) is 18.7 Å². The van der Waals surface area contributed by atoms with Gasteiger partial charge in [-0.15, -0.1) is 0 Å². The van der Waals surface area contributed by atoms with Gasteiger partial charge >= 0.3 is 5.97 Å². The second kappa shape index (κ2) is 8.50. The molecule has 0 radical (unpaired) electrons. The summed E-state index contributed by atoms with van der Waals surface area (Å²) in [5, 5.41) is 0. The van der Waals surface area contributed by atoms with E-state index >= 15 is 0 Å². The molecule has 25 heavy (non-hydrogen) atoms. The van der Waals surface area contributed by atoms with E-state index in [4.69, 9.17) is 4.74 Å². The van der Waals surface area contributed by atoms with Crippen molar-refractivity contribution in [3.63, 3.8) is 0 Å². The summed E-state index contributed by atoms with van der Waals surface area (Å²) in [7, 11) is 0. The number of esters is 1. The summed E-state index contributed by atoms with van der Waals surface area (Å²) < 4.78 is 5.22. The molecule has 2 fully saturated rings. The lowest BCUT2D eigenvalue weighted by molar-refractivity contribution is -0.151. The van der Waals surface area contributed by atoms with Gasteiger partial charge < -0.3 is 9.64 Å². The molecule has 1 aliphatic heterocycles. The fraction of sp³-hybridized carbons (Fsp3) is 0.619. The van der Waals surface area contributed by atoms with Crippen LogP contribution in [0.4, 0.5) is 0 Å². The number of fused-ring (bicyclic) bond motifs is 1. The lowest BCUT2D eigenvalue weighted by Gasteiger charge is -2.22. The van der Waals surface area contributed by atoms with Gasteiger partial charge in [-0.1, -0.05) is 43.2 Å². The number of rotatable bonds is 6. The second-order valence-electron chi connectivity index (χ2n) is 7.45. The van der Waals surface area contributed by atoms with Crippen LogP contribution in [0.5, 0.6) is 0 Å². The molecule has 0 N–H and O–H groups in total. The maximum Gasteiger partial charge on any atom is 0.309 e. The first-order chi connectivity index (χ1) is 12.2. The Labute approximate surface area is 150 Å². The van der Waals surface area contributed by atoms with Gasteiger partial charge in [0, 0.05) is 19.5 Å². The van der Waals surface area contributed by atoms with Crippen LogP contribution in [0, 0.1) is 17.8 Å². The zero-order valence-electron chi connectivity index (χ0n) is 15.2. The number of ether oxygens (including phenoxy) is 1. The Bertz CT molecular complexity index is 572. The molecule has 2 aliphatic rings. The Morgan fingerprint density at radius 3 is 2.36 bits per heavy atom. The van der Waals surface area contributed by atoms with E-state index in [9.17, 15) is 9.59 Å². The van der Waals surface area contributed by atoms with E-state index in [1.807, 2.05) is 42.2 Å². The predicted octanol–water partition coefficient (Wildman–Crippen LogP) is 3.45. The summed E-state index contributed by atoms with van der Waals surface area (Å²) >= 11 is 0. The third-order valence-electron chi connectivity index (χ3n) is 5.69. The molecule has 1 aromatic carbocycles. The maximum absolute atomic E-state index is 12.8. The molecule has 1 aromatic rings. The van der Waals surface area contributed by atoms with E-state index < -0.39 is 5.92 Å². The molecule has 3 atom stereocenters. The Morgan fingerprint density at radius 2 is 1.76 bits per heavy atom. The molecule has 0 spiro atoms. The molecule has 1 amide bonds. The van der Waals surface area contributed by atoms with Gasteiger partial charge in [0.1, 0.15) is 0 Å². The second-order valence-corrected chi connectivity index (χ2v) is 7.45. The molecule has 0 aromatic heterocycles. The van der Waals surface area contributed by atoms with Crippen molar-refractivity contribution in [2.45, 2.75) is 45.4 Å². The smallest absolute Gasteiger partial charge is 0.309 e. The summed E-state index contributed by atoms with van der Waals surface area (Å²) in [6, 6.07) is 9.89. The van der Waals surface area contributed by atoms with E-state index in [0.29, 0.717) is 24.9 Å². The molecule has 4 nitrogen and oxygen atoms in total. The number of hydrogen-bond acceptors (Lipinski definition) is 3. The molecule has 0 bridgehead atoms. The monoisotopic (exact) mass is 343 g/mol. The number of nitrogens with zero attached hydrogens (tertiary/aromatic N) is 1. The first-order valence-electron chi connectivity index (χ1n) is 9.65. The fourth-order valence-corrected chi connectivity index (χ4v) is 4.35. The quantitative estimate of drug-likeness (QED) is 0.743. The lowest BCUT2D eigenvalue weighted by Crippen LogP contribution is -2.33. The van der Waals surface area contributed by atoms with Crippen molar-refractivity contribution in [1.29, 1.82) is 0 Å². The highest BCUT2D eigenvalue weighted by atomic mass is 16.5. The first kappa shape index (κ1) is 18.0. The SMILES string of the molecule is CCOC(=O)[C@H](CC(=O)N1C[C@H]2CCCC[C@H]2C1)Cc1ccccc1. The minimum Gasteiger partial charge on any atom is -0.466 e. The van der Waals surface area contributed by atoms with E-state index in [1.165, 1.54) is 25.7 Å². The van der Waals surface area contributed by atoms with Gasteiger partial charge in [-0.2, -0.15) is 0 Å². The number of amides is 1. The van der Waals surface area contributed by atoms with E-state index in [-0.39, 0.29) is 18.3 Å². The van der Waals surface area contributed by atoms with Crippen molar-refractivity contribution in [2.24, 2.45) is 17.8 Å². The normalized spacial score (nSPS) is 23.8. The molecule has 1 aliphatic carbocycles. The highest BCUT2D eigenvalue weighted by Crippen LogP contribution is 2.36. The van der Waals surface area contributed by atoms with Gasteiger partial charge in [0.15, 0.2) is 0 Å². The van der Waals surface area contributed by atoms with Crippen LogP contribution in [0.3, 0.4) is 0 Å². The maximum atomic E-state index is 12.8. The minimum absolute atomic E-state index is 0.114. The van der Waals surface area contributed by atoms with Crippen molar-refractivity contribution < 1.29 is 14.3 Å². The Balaban J connectivity index is 1.62.